The van der Waals surface area contributed by atoms with Gasteiger partial charge in [-0.25, -0.2) is 0 Å². The normalized spacial score (nSPS) is 21.7. The number of ether oxygens (including phenoxy) is 2. The molecule has 0 bridgehead atoms. The van der Waals surface area contributed by atoms with Gasteiger partial charge >= 0.3 is 0 Å². The third-order valence-corrected chi connectivity index (χ3v) is 5.72. The van der Waals surface area contributed by atoms with Gasteiger partial charge in [0.05, 0.1) is 18.6 Å². The van der Waals surface area contributed by atoms with E-state index in [0.717, 1.165) is 17.9 Å². The summed E-state index contributed by atoms with van der Waals surface area (Å²) in [6.45, 7) is 5.31. The van der Waals surface area contributed by atoms with Gasteiger partial charge in [-0.3, -0.25) is 0 Å². The lowest BCUT2D eigenvalue weighted by Crippen LogP contribution is -2.16. The molecule has 0 spiro atoms. The van der Waals surface area contributed by atoms with Crippen LogP contribution in [0.15, 0.2) is 48.5 Å². The van der Waals surface area contributed by atoms with E-state index in [9.17, 15) is 0 Å². The van der Waals surface area contributed by atoms with Crippen LogP contribution >= 0.6 is 27.5 Å². The standard InChI is InChI=1S/C19H20BrClO2/c1-3-22-16-9-5-14(6-10-16)18(13-19(18,20)21)15-7-11-17(12-8-15)23-4-2/h5-12H,3-4,13H2,1-2H3. The van der Waals surface area contributed by atoms with Gasteiger partial charge in [0.2, 0.25) is 0 Å². The summed E-state index contributed by atoms with van der Waals surface area (Å²) < 4.78 is 10.6. The lowest BCUT2D eigenvalue weighted by molar-refractivity contribution is 0.340. The molecule has 1 unspecified atom stereocenters. The Morgan fingerprint density at radius 1 is 0.870 bits per heavy atom. The fourth-order valence-corrected chi connectivity index (χ4v) is 4.38. The molecule has 0 saturated heterocycles. The topological polar surface area (TPSA) is 18.5 Å². The maximum atomic E-state index is 6.69. The summed E-state index contributed by atoms with van der Waals surface area (Å²) >= 11 is 10.4. The number of rotatable bonds is 6. The molecule has 2 aromatic carbocycles. The van der Waals surface area contributed by atoms with E-state index in [0.29, 0.717) is 13.2 Å². The number of benzene rings is 2. The second-order valence-corrected chi connectivity index (χ2v) is 8.16. The van der Waals surface area contributed by atoms with Crippen LogP contribution in [0.1, 0.15) is 31.4 Å². The molecule has 122 valence electrons. The molecule has 0 heterocycles. The van der Waals surface area contributed by atoms with Crippen molar-refractivity contribution >= 4 is 27.5 Å². The molecule has 0 aromatic heterocycles. The van der Waals surface area contributed by atoms with Crippen molar-refractivity contribution in [3.8, 4) is 11.5 Å². The first kappa shape index (κ1) is 16.7. The predicted octanol–water partition coefficient (Wildman–Crippen LogP) is 5.50. The molecule has 2 aromatic rings. The molecule has 1 aliphatic rings. The highest BCUT2D eigenvalue weighted by Crippen LogP contribution is 2.69. The van der Waals surface area contributed by atoms with Gasteiger partial charge in [0.1, 0.15) is 15.3 Å². The third-order valence-electron chi connectivity index (χ3n) is 4.30. The molecule has 3 rings (SSSR count). The van der Waals surface area contributed by atoms with Gasteiger partial charge in [-0.05, 0) is 55.7 Å². The third kappa shape index (κ3) is 2.97. The average molecular weight is 396 g/mol. The fraction of sp³-hybridized carbons (Fsp3) is 0.368. The van der Waals surface area contributed by atoms with Gasteiger partial charge < -0.3 is 9.47 Å². The van der Waals surface area contributed by atoms with Gasteiger partial charge in [0.25, 0.3) is 0 Å². The van der Waals surface area contributed by atoms with Crippen LogP contribution in [0.25, 0.3) is 0 Å². The fourth-order valence-electron chi connectivity index (χ4n) is 3.09. The molecular formula is C19H20BrClO2. The number of alkyl halides is 2. The zero-order valence-corrected chi connectivity index (χ0v) is 15.7. The summed E-state index contributed by atoms with van der Waals surface area (Å²) in [5.41, 5.74) is 2.17. The SMILES string of the molecule is CCOc1ccc(C2(c3ccc(OCC)cc3)CC2(Cl)Br)cc1. The number of hydrogen-bond donors (Lipinski definition) is 0. The minimum absolute atomic E-state index is 0.218. The Kier molecular flexibility index (Phi) is 4.61. The van der Waals surface area contributed by atoms with Crippen LogP contribution in [0, 0.1) is 0 Å². The van der Waals surface area contributed by atoms with Crippen molar-refractivity contribution < 1.29 is 9.47 Å². The molecule has 1 aliphatic carbocycles. The summed E-state index contributed by atoms with van der Waals surface area (Å²) in [5.74, 6) is 1.77. The Bertz CT molecular complexity index is 615. The summed E-state index contributed by atoms with van der Waals surface area (Å²) in [5, 5.41) is 0. The van der Waals surface area contributed by atoms with E-state index in [1.54, 1.807) is 0 Å². The van der Waals surface area contributed by atoms with Crippen molar-refractivity contribution in [2.45, 2.75) is 29.5 Å². The molecule has 23 heavy (non-hydrogen) atoms. The van der Waals surface area contributed by atoms with Gasteiger partial charge in [-0.2, -0.15) is 0 Å². The van der Waals surface area contributed by atoms with E-state index in [2.05, 4.69) is 40.2 Å². The highest BCUT2D eigenvalue weighted by atomic mass is 79.9. The second-order valence-electron chi connectivity index (χ2n) is 5.70. The molecule has 0 radical (unpaired) electrons. The van der Waals surface area contributed by atoms with Crippen LogP contribution in [-0.2, 0) is 5.41 Å². The van der Waals surface area contributed by atoms with Crippen LogP contribution in [0.2, 0.25) is 0 Å². The first-order valence-corrected chi connectivity index (χ1v) is 9.05. The monoisotopic (exact) mass is 394 g/mol. The van der Waals surface area contributed by atoms with Gasteiger partial charge in [-0.15, -0.1) is 11.6 Å². The van der Waals surface area contributed by atoms with Crippen LogP contribution < -0.4 is 9.47 Å². The van der Waals surface area contributed by atoms with Gasteiger partial charge in [0, 0.05) is 0 Å². The molecule has 1 fully saturated rings. The minimum Gasteiger partial charge on any atom is -0.494 e. The average Bonchev–Trinajstić information content (AvgIpc) is 3.13. The first-order valence-electron chi connectivity index (χ1n) is 7.88. The molecule has 2 nitrogen and oxygen atoms in total. The van der Waals surface area contributed by atoms with E-state index < -0.39 is 3.78 Å². The summed E-state index contributed by atoms with van der Waals surface area (Å²) in [6.07, 6.45) is 0.851. The summed E-state index contributed by atoms with van der Waals surface area (Å²) in [7, 11) is 0. The van der Waals surface area contributed by atoms with Crippen molar-refractivity contribution in [2.75, 3.05) is 13.2 Å². The largest absolute Gasteiger partial charge is 0.494 e. The van der Waals surface area contributed by atoms with E-state index in [1.807, 2.05) is 38.1 Å². The van der Waals surface area contributed by atoms with Crippen molar-refractivity contribution in [1.29, 1.82) is 0 Å². The first-order chi connectivity index (χ1) is 11.0. The number of halogens is 2. The molecule has 1 saturated carbocycles. The molecule has 0 amide bonds. The minimum atomic E-state index is -0.444. The summed E-state index contributed by atoms with van der Waals surface area (Å²) in [6, 6.07) is 16.4. The Labute approximate surface area is 150 Å². The second kappa shape index (κ2) is 6.37. The Morgan fingerprint density at radius 2 is 1.22 bits per heavy atom. The molecule has 1 atom stereocenters. The van der Waals surface area contributed by atoms with Crippen molar-refractivity contribution in [3.05, 3.63) is 59.7 Å². The van der Waals surface area contributed by atoms with Crippen molar-refractivity contribution in [3.63, 3.8) is 0 Å². The van der Waals surface area contributed by atoms with Crippen LogP contribution in [-0.4, -0.2) is 17.0 Å². The van der Waals surface area contributed by atoms with Crippen LogP contribution in [0.3, 0.4) is 0 Å². The summed E-state index contributed by atoms with van der Waals surface area (Å²) in [4.78, 5) is 0. The van der Waals surface area contributed by atoms with Gasteiger partial charge in [0.15, 0.2) is 0 Å². The van der Waals surface area contributed by atoms with E-state index in [4.69, 9.17) is 21.1 Å². The number of hydrogen-bond acceptors (Lipinski definition) is 2. The van der Waals surface area contributed by atoms with Crippen LogP contribution in [0.4, 0.5) is 0 Å². The lowest BCUT2D eigenvalue weighted by atomic mass is 9.88. The highest BCUT2D eigenvalue weighted by Gasteiger charge is 2.67. The Balaban J connectivity index is 1.94. The van der Waals surface area contributed by atoms with E-state index in [-0.39, 0.29) is 5.41 Å². The predicted molar refractivity (Wildman–Crippen MR) is 98.1 cm³/mol. The molecule has 0 aliphatic heterocycles. The van der Waals surface area contributed by atoms with Crippen molar-refractivity contribution in [2.24, 2.45) is 0 Å². The Hall–Kier alpha value is -1.19. The quantitative estimate of drug-likeness (QED) is 0.601. The van der Waals surface area contributed by atoms with Crippen molar-refractivity contribution in [1.82, 2.24) is 0 Å². The van der Waals surface area contributed by atoms with Crippen LogP contribution in [0.5, 0.6) is 11.5 Å². The van der Waals surface area contributed by atoms with E-state index in [1.165, 1.54) is 11.1 Å². The maximum Gasteiger partial charge on any atom is 0.119 e. The molecule has 4 heteroatoms. The zero-order valence-electron chi connectivity index (χ0n) is 13.3. The molecule has 0 N–H and O–H groups in total. The smallest absolute Gasteiger partial charge is 0.119 e. The molecular weight excluding hydrogens is 376 g/mol. The lowest BCUT2D eigenvalue weighted by Gasteiger charge is -2.20. The Morgan fingerprint density at radius 3 is 1.48 bits per heavy atom. The zero-order chi connectivity index (χ0) is 16.5. The van der Waals surface area contributed by atoms with Gasteiger partial charge in [-0.1, -0.05) is 40.2 Å². The highest BCUT2D eigenvalue weighted by molar-refractivity contribution is 9.10. The maximum absolute atomic E-state index is 6.69. The van der Waals surface area contributed by atoms with E-state index >= 15 is 0 Å².